The van der Waals surface area contributed by atoms with Crippen molar-refractivity contribution < 1.29 is 37.8 Å². The lowest BCUT2D eigenvalue weighted by atomic mass is 9.70. The lowest BCUT2D eigenvalue weighted by Gasteiger charge is -2.29. The molecule has 33 heavy (non-hydrogen) atoms. The fourth-order valence-corrected chi connectivity index (χ4v) is 6.64. The number of rotatable bonds is 4. The van der Waals surface area contributed by atoms with Gasteiger partial charge in [-0.1, -0.05) is 0 Å². The number of aromatic hydroxyl groups is 2. The monoisotopic (exact) mass is 475 g/mol. The largest absolute Gasteiger partial charge is 0.507 e. The molecule has 9 nitrogen and oxygen atoms in total. The van der Waals surface area contributed by atoms with E-state index in [4.69, 9.17) is 4.74 Å². The summed E-state index contributed by atoms with van der Waals surface area (Å²) in [4.78, 5) is 38.8. The lowest BCUT2D eigenvalue weighted by Crippen LogP contribution is -2.41. The van der Waals surface area contributed by atoms with E-state index in [1.54, 1.807) is 6.92 Å². The zero-order chi connectivity index (χ0) is 24.5. The maximum Gasteiger partial charge on any atom is 0.194 e. The second kappa shape index (κ2) is 7.44. The average Bonchev–Trinajstić information content (AvgIpc) is 3.21. The highest BCUT2D eigenvalue weighted by molar-refractivity contribution is 7.91. The van der Waals surface area contributed by atoms with E-state index in [0.29, 0.717) is 18.7 Å². The van der Waals surface area contributed by atoms with Gasteiger partial charge < -0.3 is 20.3 Å². The number of phenolic OH excluding ortho intramolecular Hbond substituents is 2. The Bertz CT molecular complexity index is 1300. The second-order valence-electron chi connectivity index (χ2n) is 9.04. The number of benzene rings is 1. The number of hydrogen-bond donors (Lipinski definition) is 3. The Morgan fingerprint density at radius 1 is 1.24 bits per heavy atom. The minimum Gasteiger partial charge on any atom is -0.507 e. The molecular formula is C23H25NO8S. The quantitative estimate of drug-likeness (QED) is 0.335. The smallest absolute Gasteiger partial charge is 0.194 e. The molecule has 2 heterocycles. The molecule has 0 aromatic heterocycles. The van der Waals surface area contributed by atoms with E-state index in [-0.39, 0.29) is 56.9 Å². The van der Waals surface area contributed by atoms with Gasteiger partial charge >= 0.3 is 0 Å². The molecule has 0 amide bonds. The molecule has 0 spiro atoms. The van der Waals surface area contributed by atoms with Crippen molar-refractivity contribution in [2.24, 2.45) is 5.92 Å². The highest BCUT2D eigenvalue weighted by atomic mass is 32.2. The van der Waals surface area contributed by atoms with Crippen LogP contribution in [-0.2, 0) is 24.8 Å². The van der Waals surface area contributed by atoms with Crippen LogP contribution in [0.3, 0.4) is 0 Å². The number of nitrogens with one attached hydrogen (secondary N) is 1. The van der Waals surface area contributed by atoms with E-state index in [9.17, 15) is 33.0 Å². The van der Waals surface area contributed by atoms with Crippen LogP contribution in [0.25, 0.3) is 0 Å². The van der Waals surface area contributed by atoms with Crippen molar-refractivity contribution in [1.82, 2.24) is 5.32 Å². The summed E-state index contributed by atoms with van der Waals surface area (Å²) in [5, 5.41) is 24.2. The van der Waals surface area contributed by atoms with Crippen LogP contribution in [-0.4, -0.2) is 54.0 Å². The van der Waals surface area contributed by atoms with Gasteiger partial charge in [0, 0.05) is 23.9 Å². The molecule has 1 saturated heterocycles. The van der Waals surface area contributed by atoms with E-state index in [2.05, 4.69) is 5.32 Å². The normalized spacial score (nSPS) is 26.9. The first-order chi connectivity index (χ1) is 15.3. The predicted molar refractivity (Wildman–Crippen MR) is 118 cm³/mol. The van der Waals surface area contributed by atoms with Gasteiger partial charge in [0.2, 0.25) is 0 Å². The number of carbonyl (C=O) groups excluding carboxylic acids is 3. The maximum atomic E-state index is 13.7. The van der Waals surface area contributed by atoms with Gasteiger partial charge in [0.1, 0.15) is 34.0 Å². The summed E-state index contributed by atoms with van der Waals surface area (Å²) in [6.07, 6.45) is 1.66. The minimum absolute atomic E-state index is 0.0255. The zero-order valence-electron chi connectivity index (χ0n) is 18.7. The zero-order valence-corrected chi connectivity index (χ0v) is 19.6. The molecule has 0 unspecified atom stereocenters. The topological polar surface area (TPSA) is 147 Å². The molecule has 176 valence electrons. The van der Waals surface area contributed by atoms with Crippen molar-refractivity contribution in [3.63, 3.8) is 0 Å². The lowest BCUT2D eigenvalue weighted by molar-refractivity contribution is -0.123. The van der Waals surface area contributed by atoms with Crippen molar-refractivity contribution in [3.8, 4) is 17.2 Å². The fourth-order valence-electron chi connectivity index (χ4n) is 4.78. The molecule has 1 aliphatic carbocycles. The van der Waals surface area contributed by atoms with Crippen LogP contribution in [0.4, 0.5) is 0 Å². The van der Waals surface area contributed by atoms with Crippen LogP contribution in [0.15, 0.2) is 23.1 Å². The first kappa shape index (κ1) is 23.0. The van der Waals surface area contributed by atoms with Crippen molar-refractivity contribution in [2.75, 3.05) is 18.1 Å². The minimum atomic E-state index is -3.06. The molecule has 1 fully saturated rings. The van der Waals surface area contributed by atoms with Gasteiger partial charge in [-0.2, -0.15) is 0 Å². The number of allylic oxidation sites excluding steroid dienone is 4. The molecule has 2 aliphatic heterocycles. The Labute approximate surface area is 191 Å². The number of sulfone groups is 1. The van der Waals surface area contributed by atoms with Crippen molar-refractivity contribution in [1.29, 1.82) is 0 Å². The average molecular weight is 476 g/mol. The molecule has 0 bridgehead atoms. The Morgan fingerprint density at radius 2 is 1.91 bits per heavy atom. The Balaban J connectivity index is 1.78. The number of ketones is 3. The molecule has 10 heteroatoms. The molecule has 1 aromatic carbocycles. The number of Topliss-reactive ketones (excluding diaryl/α,β-unsaturated/α-hetero) is 2. The van der Waals surface area contributed by atoms with Crippen LogP contribution in [0.5, 0.6) is 17.2 Å². The molecule has 3 N–H and O–H groups in total. The van der Waals surface area contributed by atoms with Crippen molar-refractivity contribution in [2.45, 2.75) is 39.5 Å². The SMILES string of the molecule is CC(=O)c1c(O)c(C)c(O)c2c1OC1=CC(=O)/C(=C(/C)NC[C@@H]3CCS(=O)(=O)C3)C(=O)[C@]12C. The molecule has 0 saturated carbocycles. The Morgan fingerprint density at radius 3 is 2.48 bits per heavy atom. The van der Waals surface area contributed by atoms with Crippen molar-refractivity contribution >= 4 is 27.2 Å². The van der Waals surface area contributed by atoms with Gasteiger partial charge in [-0.05, 0) is 40.0 Å². The Hall–Kier alpha value is -3.14. The third-order valence-corrected chi connectivity index (χ3v) is 8.58. The molecule has 1 aromatic rings. The molecule has 3 aliphatic rings. The van der Waals surface area contributed by atoms with Crippen LogP contribution in [0.1, 0.15) is 48.7 Å². The van der Waals surface area contributed by atoms with E-state index in [0.717, 1.165) is 6.08 Å². The van der Waals surface area contributed by atoms with Crippen LogP contribution in [0.2, 0.25) is 0 Å². The number of phenols is 2. The fraction of sp³-hybridized carbons (Fsp3) is 0.435. The molecule has 4 rings (SSSR count). The third kappa shape index (κ3) is 3.35. The van der Waals surface area contributed by atoms with Gasteiger partial charge in [0.05, 0.1) is 22.6 Å². The van der Waals surface area contributed by atoms with Crippen LogP contribution >= 0.6 is 0 Å². The summed E-state index contributed by atoms with van der Waals surface area (Å²) in [6, 6.07) is 0. The van der Waals surface area contributed by atoms with Gasteiger partial charge in [-0.15, -0.1) is 0 Å². The summed E-state index contributed by atoms with van der Waals surface area (Å²) in [6.45, 7) is 6.00. The maximum absolute atomic E-state index is 13.7. The van der Waals surface area contributed by atoms with E-state index in [1.807, 2.05) is 0 Å². The van der Waals surface area contributed by atoms with Gasteiger partial charge in [-0.3, -0.25) is 14.4 Å². The van der Waals surface area contributed by atoms with Crippen LogP contribution < -0.4 is 10.1 Å². The third-order valence-electron chi connectivity index (χ3n) is 6.74. The highest BCUT2D eigenvalue weighted by Gasteiger charge is 2.56. The first-order valence-electron chi connectivity index (χ1n) is 10.5. The van der Waals surface area contributed by atoms with Crippen molar-refractivity contribution in [3.05, 3.63) is 39.8 Å². The second-order valence-corrected chi connectivity index (χ2v) is 11.3. The molecule has 2 atom stereocenters. The van der Waals surface area contributed by atoms with E-state index >= 15 is 0 Å². The first-order valence-corrected chi connectivity index (χ1v) is 12.4. The number of ether oxygens (including phenoxy) is 1. The van der Waals surface area contributed by atoms with Gasteiger partial charge in [0.15, 0.2) is 27.2 Å². The summed E-state index contributed by atoms with van der Waals surface area (Å²) in [5.74, 6) is -2.69. The number of carbonyl (C=O) groups is 3. The van der Waals surface area contributed by atoms with E-state index in [1.165, 1.54) is 20.8 Å². The van der Waals surface area contributed by atoms with Crippen LogP contribution in [0, 0.1) is 12.8 Å². The molecular weight excluding hydrogens is 450 g/mol. The summed E-state index contributed by atoms with van der Waals surface area (Å²) < 4.78 is 29.1. The Kier molecular flexibility index (Phi) is 5.19. The highest BCUT2D eigenvalue weighted by Crippen LogP contribution is 2.57. The van der Waals surface area contributed by atoms with Gasteiger partial charge in [0.25, 0.3) is 0 Å². The number of hydrogen-bond acceptors (Lipinski definition) is 9. The summed E-state index contributed by atoms with van der Waals surface area (Å²) >= 11 is 0. The number of fused-ring (bicyclic) bond motifs is 3. The predicted octanol–water partition coefficient (Wildman–Crippen LogP) is 1.59. The summed E-state index contributed by atoms with van der Waals surface area (Å²) in [5.41, 5.74) is -1.53. The standard InChI is InChI=1S/C23H25NO8S/c1-10-19(27)17(12(3)25)21-18(20(10)28)23(4)15(32-21)7-14(26)16(22(23)29)11(2)24-8-13-5-6-33(30,31)9-13/h7,13,24,27-28H,5-6,8-9H2,1-4H3/b16-11+/t13-,23+/m0/s1. The van der Waals surface area contributed by atoms with E-state index < -0.39 is 38.4 Å². The summed E-state index contributed by atoms with van der Waals surface area (Å²) in [7, 11) is -3.06. The van der Waals surface area contributed by atoms with Gasteiger partial charge in [-0.25, -0.2) is 8.42 Å². The molecule has 0 radical (unpaired) electrons.